The van der Waals surface area contributed by atoms with E-state index in [2.05, 4.69) is 17.2 Å². The minimum Gasteiger partial charge on any atom is -0.380 e. The first-order chi connectivity index (χ1) is 10.2. The molecule has 0 saturated carbocycles. The van der Waals surface area contributed by atoms with Gasteiger partial charge in [-0.1, -0.05) is 6.92 Å². The van der Waals surface area contributed by atoms with E-state index in [1.54, 1.807) is 7.05 Å². The van der Waals surface area contributed by atoms with Crippen molar-refractivity contribution in [3.05, 3.63) is 0 Å². The fourth-order valence-corrected chi connectivity index (χ4v) is 2.71. The van der Waals surface area contributed by atoms with Crippen LogP contribution in [0.4, 0.5) is 13.2 Å². The van der Waals surface area contributed by atoms with Crippen LogP contribution in [-0.2, 0) is 4.74 Å². The smallest absolute Gasteiger partial charge is 0.380 e. The summed E-state index contributed by atoms with van der Waals surface area (Å²) in [6, 6.07) is -1.39. The van der Waals surface area contributed by atoms with E-state index in [0.717, 1.165) is 25.7 Å². The number of nitrogens with zero attached hydrogens (tertiary/aromatic N) is 3. The number of nitrogens with one attached hydrogen (secondary N) is 1. The van der Waals surface area contributed by atoms with E-state index < -0.39 is 12.2 Å². The second-order valence-electron chi connectivity index (χ2n) is 6.44. The van der Waals surface area contributed by atoms with E-state index in [1.807, 2.05) is 4.90 Å². The van der Waals surface area contributed by atoms with Gasteiger partial charge < -0.3 is 15.0 Å². The maximum Gasteiger partial charge on any atom is 0.403 e. The van der Waals surface area contributed by atoms with Gasteiger partial charge in [-0.05, 0) is 6.92 Å². The van der Waals surface area contributed by atoms with E-state index in [9.17, 15) is 13.2 Å². The molecule has 1 atom stereocenters. The topological polar surface area (TPSA) is 40.1 Å². The van der Waals surface area contributed by atoms with Crippen LogP contribution in [0.1, 0.15) is 13.8 Å². The van der Waals surface area contributed by atoms with Crippen molar-refractivity contribution in [2.75, 3.05) is 53.0 Å². The van der Waals surface area contributed by atoms with Gasteiger partial charge in [0.25, 0.3) is 0 Å². The largest absolute Gasteiger partial charge is 0.403 e. The number of piperazine rings is 1. The van der Waals surface area contributed by atoms with Gasteiger partial charge in [-0.15, -0.1) is 0 Å². The molecule has 0 aliphatic carbocycles. The molecule has 0 amide bonds. The van der Waals surface area contributed by atoms with Crippen LogP contribution >= 0.6 is 0 Å². The highest BCUT2D eigenvalue weighted by Crippen LogP contribution is 2.26. The van der Waals surface area contributed by atoms with Crippen molar-refractivity contribution in [2.24, 2.45) is 10.4 Å². The van der Waals surface area contributed by atoms with Gasteiger partial charge in [-0.3, -0.25) is 9.89 Å². The third kappa shape index (κ3) is 4.04. The molecule has 2 aliphatic rings. The third-order valence-corrected chi connectivity index (χ3v) is 4.42. The first kappa shape index (κ1) is 17.3. The number of aliphatic imine (C=N–C) groups is 1. The second-order valence-corrected chi connectivity index (χ2v) is 6.44. The van der Waals surface area contributed by atoms with Crippen LogP contribution in [0.5, 0.6) is 0 Å². The molecule has 0 radical (unpaired) electrons. The fraction of sp³-hybridized carbons (Fsp3) is 0.929. The SMILES string of the molecule is CN=C(NCC1(C)COC1)N1CCN(C(C)C(F)(F)F)CC1. The van der Waals surface area contributed by atoms with Crippen LogP contribution in [0.25, 0.3) is 0 Å². The summed E-state index contributed by atoms with van der Waals surface area (Å²) in [7, 11) is 1.70. The molecule has 128 valence electrons. The fourth-order valence-electron chi connectivity index (χ4n) is 2.71. The third-order valence-electron chi connectivity index (χ3n) is 4.42. The van der Waals surface area contributed by atoms with E-state index in [1.165, 1.54) is 11.8 Å². The molecule has 0 bridgehead atoms. The predicted molar refractivity (Wildman–Crippen MR) is 79.0 cm³/mol. The zero-order valence-electron chi connectivity index (χ0n) is 13.4. The number of guanidine groups is 1. The summed E-state index contributed by atoms with van der Waals surface area (Å²) in [6.45, 7) is 7.46. The van der Waals surface area contributed by atoms with Crippen molar-refractivity contribution in [1.29, 1.82) is 0 Å². The van der Waals surface area contributed by atoms with Crippen molar-refractivity contribution in [1.82, 2.24) is 15.1 Å². The monoisotopic (exact) mass is 322 g/mol. The molecular formula is C14H25F3N4O. The van der Waals surface area contributed by atoms with Crippen molar-refractivity contribution < 1.29 is 17.9 Å². The molecular weight excluding hydrogens is 297 g/mol. The average molecular weight is 322 g/mol. The Morgan fingerprint density at radius 3 is 2.27 bits per heavy atom. The molecule has 0 aromatic carbocycles. The Balaban J connectivity index is 1.81. The van der Waals surface area contributed by atoms with Crippen LogP contribution < -0.4 is 5.32 Å². The van der Waals surface area contributed by atoms with E-state index >= 15 is 0 Å². The highest BCUT2D eigenvalue weighted by molar-refractivity contribution is 5.80. The van der Waals surface area contributed by atoms with Gasteiger partial charge >= 0.3 is 6.18 Å². The van der Waals surface area contributed by atoms with Crippen molar-refractivity contribution in [3.8, 4) is 0 Å². The summed E-state index contributed by atoms with van der Waals surface area (Å²) in [6.07, 6.45) is -4.17. The summed E-state index contributed by atoms with van der Waals surface area (Å²) in [5, 5.41) is 3.31. The van der Waals surface area contributed by atoms with Crippen LogP contribution in [0.3, 0.4) is 0 Å². The maximum absolute atomic E-state index is 12.7. The quantitative estimate of drug-likeness (QED) is 0.625. The second kappa shape index (κ2) is 6.62. The van der Waals surface area contributed by atoms with E-state index in [4.69, 9.17) is 4.74 Å². The van der Waals surface area contributed by atoms with Gasteiger partial charge in [-0.25, -0.2) is 0 Å². The molecule has 8 heteroatoms. The predicted octanol–water partition coefficient (Wildman–Crippen LogP) is 1.17. The highest BCUT2D eigenvalue weighted by atomic mass is 19.4. The Bertz CT molecular complexity index is 401. The summed E-state index contributed by atoms with van der Waals surface area (Å²) < 4.78 is 43.5. The van der Waals surface area contributed by atoms with Gasteiger partial charge in [0.05, 0.1) is 13.2 Å². The minimum atomic E-state index is -4.17. The molecule has 0 aromatic rings. The molecule has 5 nitrogen and oxygen atoms in total. The minimum absolute atomic E-state index is 0.128. The number of hydrogen-bond acceptors (Lipinski definition) is 3. The number of halogens is 3. The number of rotatable bonds is 3. The first-order valence-electron chi connectivity index (χ1n) is 7.59. The van der Waals surface area contributed by atoms with Gasteiger partial charge in [0, 0.05) is 45.2 Å². The zero-order chi connectivity index (χ0) is 16.4. The van der Waals surface area contributed by atoms with Gasteiger partial charge in [0.2, 0.25) is 0 Å². The number of ether oxygens (including phenoxy) is 1. The first-order valence-corrected chi connectivity index (χ1v) is 7.59. The van der Waals surface area contributed by atoms with Gasteiger partial charge in [0.1, 0.15) is 6.04 Å². The van der Waals surface area contributed by atoms with Crippen LogP contribution in [0.2, 0.25) is 0 Å². The summed E-state index contributed by atoms with van der Waals surface area (Å²) in [4.78, 5) is 7.74. The molecule has 0 aromatic heterocycles. The Labute approximate surface area is 129 Å². The molecule has 2 heterocycles. The van der Waals surface area contributed by atoms with Crippen LogP contribution in [0, 0.1) is 5.41 Å². The molecule has 22 heavy (non-hydrogen) atoms. The summed E-state index contributed by atoms with van der Waals surface area (Å²) in [5.74, 6) is 0.757. The van der Waals surface area contributed by atoms with Crippen molar-refractivity contribution in [2.45, 2.75) is 26.1 Å². The van der Waals surface area contributed by atoms with Crippen LogP contribution in [0.15, 0.2) is 4.99 Å². The maximum atomic E-state index is 12.7. The zero-order valence-corrected chi connectivity index (χ0v) is 13.4. The van der Waals surface area contributed by atoms with E-state index in [0.29, 0.717) is 26.2 Å². The van der Waals surface area contributed by atoms with Gasteiger partial charge in [0.15, 0.2) is 5.96 Å². The highest BCUT2D eigenvalue weighted by Gasteiger charge is 2.41. The Hall–Kier alpha value is -1.02. The molecule has 1 unspecified atom stereocenters. The van der Waals surface area contributed by atoms with Crippen molar-refractivity contribution >= 4 is 5.96 Å². The lowest BCUT2D eigenvalue weighted by Gasteiger charge is -2.42. The lowest BCUT2D eigenvalue weighted by atomic mass is 9.89. The Morgan fingerprint density at radius 1 is 1.27 bits per heavy atom. The molecule has 2 rings (SSSR count). The Morgan fingerprint density at radius 2 is 1.86 bits per heavy atom. The molecule has 2 aliphatic heterocycles. The average Bonchev–Trinajstić information content (AvgIpc) is 2.45. The van der Waals surface area contributed by atoms with E-state index in [-0.39, 0.29) is 5.41 Å². The van der Waals surface area contributed by atoms with Crippen LogP contribution in [-0.4, -0.2) is 81.0 Å². The lowest BCUT2D eigenvalue weighted by molar-refractivity contribution is -0.181. The number of hydrogen-bond donors (Lipinski definition) is 1. The standard InChI is InChI=1S/C14H25F3N4O/c1-11(14(15,16)17)20-4-6-21(7-5-20)12(18-3)19-8-13(2)9-22-10-13/h11H,4-10H2,1-3H3,(H,18,19). The molecule has 2 fully saturated rings. The van der Waals surface area contributed by atoms with Gasteiger partial charge in [-0.2, -0.15) is 13.2 Å². The summed E-state index contributed by atoms with van der Waals surface area (Å²) >= 11 is 0. The molecule has 2 saturated heterocycles. The number of alkyl halides is 3. The van der Waals surface area contributed by atoms with Crippen molar-refractivity contribution in [3.63, 3.8) is 0 Å². The summed E-state index contributed by atoms with van der Waals surface area (Å²) in [5.41, 5.74) is 0.128. The normalized spacial score (nSPS) is 24.8. The molecule has 1 N–H and O–H groups in total. The lowest BCUT2D eigenvalue weighted by Crippen LogP contribution is -2.58. The molecule has 0 spiro atoms. The Kier molecular flexibility index (Phi) is 5.21.